The van der Waals surface area contributed by atoms with Crippen molar-refractivity contribution in [2.45, 2.75) is 19.5 Å². The van der Waals surface area contributed by atoms with Crippen molar-refractivity contribution in [3.63, 3.8) is 0 Å². The summed E-state index contributed by atoms with van der Waals surface area (Å²) in [5.41, 5.74) is 1.96. The number of carbonyl (C=O) groups is 1. The highest BCUT2D eigenvalue weighted by molar-refractivity contribution is 5.94. The van der Waals surface area contributed by atoms with Gasteiger partial charge in [0.1, 0.15) is 5.82 Å². The number of aromatic nitrogens is 3. The molecular formula is C17H23N5O2. The van der Waals surface area contributed by atoms with Gasteiger partial charge in [0.15, 0.2) is 0 Å². The van der Waals surface area contributed by atoms with Gasteiger partial charge >= 0.3 is 0 Å². The molecule has 0 aliphatic carbocycles. The molecule has 2 aliphatic rings. The summed E-state index contributed by atoms with van der Waals surface area (Å²) < 4.78 is 7.71. The standard InChI is InChI=1S/C17H23N5O2/c23-17(14-1-3-18-11-14)21-4-2-16-19-12-15(22(16)6-5-21)13-20-7-9-24-10-8-20/h1,3,11-12,18H,2,4-10,13H2. The molecule has 2 aromatic heterocycles. The summed E-state index contributed by atoms with van der Waals surface area (Å²) in [4.78, 5) is 24.4. The van der Waals surface area contributed by atoms with Crippen LogP contribution in [-0.2, 0) is 24.2 Å². The largest absolute Gasteiger partial charge is 0.379 e. The second-order valence-electron chi connectivity index (χ2n) is 6.35. The first kappa shape index (κ1) is 15.4. The quantitative estimate of drug-likeness (QED) is 0.902. The molecule has 4 rings (SSSR count). The Kier molecular flexibility index (Phi) is 4.36. The molecular weight excluding hydrogens is 306 g/mol. The smallest absolute Gasteiger partial charge is 0.255 e. The van der Waals surface area contributed by atoms with Gasteiger partial charge in [-0.15, -0.1) is 0 Å². The molecule has 1 saturated heterocycles. The van der Waals surface area contributed by atoms with E-state index >= 15 is 0 Å². The molecule has 0 saturated carbocycles. The number of nitrogens with zero attached hydrogens (tertiary/aromatic N) is 4. The number of morpholine rings is 1. The fraction of sp³-hybridized carbons (Fsp3) is 0.529. The topological polar surface area (TPSA) is 66.4 Å². The molecule has 1 fully saturated rings. The van der Waals surface area contributed by atoms with E-state index in [2.05, 4.69) is 19.4 Å². The zero-order valence-corrected chi connectivity index (χ0v) is 13.8. The van der Waals surface area contributed by atoms with Crippen LogP contribution >= 0.6 is 0 Å². The molecule has 7 heteroatoms. The molecule has 0 aromatic carbocycles. The van der Waals surface area contributed by atoms with Gasteiger partial charge in [-0.1, -0.05) is 0 Å². The highest BCUT2D eigenvalue weighted by Crippen LogP contribution is 2.16. The lowest BCUT2D eigenvalue weighted by atomic mass is 10.2. The second kappa shape index (κ2) is 6.78. The summed E-state index contributed by atoms with van der Waals surface area (Å²) in [5, 5.41) is 0. The van der Waals surface area contributed by atoms with E-state index in [1.165, 1.54) is 5.69 Å². The van der Waals surface area contributed by atoms with Crippen molar-refractivity contribution in [2.75, 3.05) is 39.4 Å². The van der Waals surface area contributed by atoms with Crippen LogP contribution in [0.2, 0.25) is 0 Å². The zero-order valence-electron chi connectivity index (χ0n) is 13.8. The molecule has 0 unspecified atom stereocenters. The molecule has 0 bridgehead atoms. The lowest BCUT2D eigenvalue weighted by Crippen LogP contribution is -2.36. The number of nitrogens with one attached hydrogen (secondary N) is 1. The van der Waals surface area contributed by atoms with E-state index in [1.54, 1.807) is 12.4 Å². The van der Waals surface area contributed by atoms with Gasteiger partial charge in [-0.05, 0) is 6.07 Å². The molecule has 1 amide bonds. The summed E-state index contributed by atoms with van der Waals surface area (Å²) in [7, 11) is 0. The number of imidazole rings is 1. The lowest BCUT2D eigenvalue weighted by molar-refractivity contribution is 0.0331. The zero-order chi connectivity index (χ0) is 16.4. The second-order valence-corrected chi connectivity index (χ2v) is 6.35. The van der Waals surface area contributed by atoms with E-state index in [0.29, 0.717) is 0 Å². The van der Waals surface area contributed by atoms with Crippen molar-refractivity contribution >= 4 is 5.91 Å². The van der Waals surface area contributed by atoms with Crippen LogP contribution in [0.4, 0.5) is 0 Å². The summed E-state index contributed by atoms with van der Waals surface area (Å²) in [6, 6.07) is 1.83. The van der Waals surface area contributed by atoms with Crippen LogP contribution in [0.1, 0.15) is 21.9 Å². The molecule has 1 N–H and O–H groups in total. The monoisotopic (exact) mass is 329 g/mol. The number of hydrogen-bond donors (Lipinski definition) is 1. The Balaban J connectivity index is 1.44. The van der Waals surface area contributed by atoms with E-state index in [-0.39, 0.29) is 5.91 Å². The maximum Gasteiger partial charge on any atom is 0.255 e. The van der Waals surface area contributed by atoms with Gasteiger partial charge in [0.25, 0.3) is 5.91 Å². The van der Waals surface area contributed by atoms with Crippen molar-refractivity contribution in [1.29, 1.82) is 0 Å². The van der Waals surface area contributed by atoms with Gasteiger partial charge in [-0.2, -0.15) is 0 Å². The van der Waals surface area contributed by atoms with E-state index in [9.17, 15) is 4.79 Å². The van der Waals surface area contributed by atoms with Gasteiger partial charge in [-0.3, -0.25) is 9.69 Å². The Morgan fingerprint density at radius 2 is 2.08 bits per heavy atom. The third-order valence-corrected chi connectivity index (χ3v) is 4.84. The number of aromatic amines is 1. The Morgan fingerprint density at radius 1 is 1.21 bits per heavy atom. The normalized spacial score (nSPS) is 19.1. The maximum absolute atomic E-state index is 12.5. The van der Waals surface area contributed by atoms with E-state index < -0.39 is 0 Å². The van der Waals surface area contributed by atoms with Gasteiger partial charge < -0.3 is 19.2 Å². The predicted octanol–water partition coefficient (Wildman–Crippen LogP) is 0.742. The average molecular weight is 329 g/mol. The molecule has 24 heavy (non-hydrogen) atoms. The van der Waals surface area contributed by atoms with Crippen LogP contribution in [0.5, 0.6) is 0 Å². The van der Waals surface area contributed by atoms with Crippen molar-refractivity contribution in [1.82, 2.24) is 24.3 Å². The fourth-order valence-electron chi connectivity index (χ4n) is 3.45. The van der Waals surface area contributed by atoms with E-state index in [4.69, 9.17) is 4.74 Å². The van der Waals surface area contributed by atoms with Gasteiger partial charge in [0, 0.05) is 64.3 Å². The van der Waals surface area contributed by atoms with Gasteiger partial charge in [-0.25, -0.2) is 4.98 Å². The molecule has 0 radical (unpaired) electrons. The minimum absolute atomic E-state index is 0.0942. The number of amides is 1. The third kappa shape index (κ3) is 3.09. The summed E-state index contributed by atoms with van der Waals surface area (Å²) in [6.07, 6.45) is 6.35. The molecule has 2 aliphatic heterocycles. The van der Waals surface area contributed by atoms with Gasteiger partial charge in [0.2, 0.25) is 0 Å². The number of hydrogen-bond acceptors (Lipinski definition) is 4. The number of rotatable bonds is 3. The number of fused-ring (bicyclic) bond motifs is 1. The van der Waals surface area contributed by atoms with Crippen LogP contribution in [0.25, 0.3) is 0 Å². The summed E-state index contributed by atoms with van der Waals surface area (Å²) in [5.74, 6) is 1.18. The number of carbonyl (C=O) groups excluding carboxylic acids is 1. The van der Waals surface area contributed by atoms with E-state index in [0.717, 1.165) is 70.3 Å². The highest BCUT2D eigenvalue weighted by Gasteiger charge is 2.23. The first-order valence-corrected chi connectivity index (χ1v) is 8.57. The Morgan fingerprint density at radius 3 is 2.88 bits per heavy atom. The minimum atomic E-state index is 0.0942. The Hall–Kier alpha value is -2.12. The van der Waals surface area contributed by atoms with Crippen molar-refractivity contribution in [3.8, 4) is 0 Å². The fourth-order valence-corrected chi connectivity index (χ4v) is 3.45. The van der Waals surface area contributed by atoms with Crippen molar-refractivity contribution < 1.29 is 9.53 Å². The maximum atomic E-state index is 12.5. The van der Waals surface area contributed by atoms with Crippen LogP contribution in [0, 0.1) is 0 Å². The molecule has 0 atom stereocenters. The highest BCUT2D eigenvalue weighted by atomic mass is 16.5. The van der Waals surface area contributed by atoms with Crippen LogP contribution in [-0.4, -0.2) is 69.6 Å². The Bertz CT molecular complexity index is 688. The predicted molar refractivity (Wildman–Crippen MR) is 88.7 cm³/mol. The van der Waals surface area contributed by atoms with Crippen LogP contribution in [0.15, 0.2) is 24.7 Å². The summed E-state index contributed by atoms with van der Waals surface area (Å²) in [6.45, 7) is 6.71. The first-order chi connectivity index (χ1) is 11.8. The van der Waals surface area contributed by atoms with Crippen LogP contribution < -0.4 is 0 Å². The Labute approximate surface area is 141 Å². The van der Waals surface area contributed by atoms with Crippen LogP contribution in [0.3, 0.4) is 0 Å². The summed E-state index contributed by atoms with van der Waals surface area (Å²) >= 11 is 0. The van der Waals surface area contributed by atoms with Gasteiger partial charge in [0.05, 0.1) is 24.5 Å². The SMILES string of the molecule is O=C(c1cc[nH]c1)N1CCc2ncc(CN3CCOCC3)n2CC1. The number of H-pyrrole nitrogens is 1. The molecule has 7 nitrogen and oxygen atoms in total. The molecule has 128 valence electrons. The third-order valence-electron chi connectivity index (χ3n) is 4.84. The molecule has 0 spiro atoms. The lowest BCUT2D eigenvalue weighted by Gasteiger charge is -2.27. The molecule has 4 heterocycles. The average Bonchev–Trinajstić information content (AvgIpc) is 3.22. The van der Waals surface area contributed by atoms with E-state index in [1.807, 2.05) is 17.2 Å². The molecule has 2 aromatic rings. The van der Waals surface area contributed by atoms with Crippen molar-refractivity contribution in [3.05, 3.63) is 41.7 Å². The first-order valence-electron chi connectivity index (χ1n) is 8.57. The number of ether oxygens (including phenoxy) is 1. The minimum Gasteiger partial charge on any atom is -0.379 e. The van der Waals surface area contributed by atoms with Crippen molar-refractivity contribution in [2.24, 2.45) is 0 Å².